The number of aromatic nitrogens is 1. The Morgan fingerprint density at radius 2 is 2.14 bits per heavy atom. The lowest BCUT2D eigenvalue weighted by molar-refractivity contribution is -0.143. The maximum absolute atomic E-state index is 12.0. The number of carboxylic acids is 1. The number of hydrogen-bond acceptors (Lipinski definition) is 5. The van der Waals surface area contributed by atoms with Crippen LogP contribution in [-0.2, 0) is 11.2 Å². The van der Waals surface area contributed by atoms with Gasteiger partial charge >= 0.3 is 12.0 Å². The van der Waals surface area contributed by atoms with Crippen LogP contribution in [0, 0.1) is 0 Å². The molecule has 1 atom stereocenters. The summed E-state index contributed by atoms with van der Waals surface area (Å²) in [5, 5.41) is 14.8. The molecule has 0 radical (unpaired) electrons. The number of hydrogen-bond donors (Lipinski definition) is 2. The number of amides is 2. The van der Waals surface area contributed by atoms with Gasteiger partial charge in [-0.25, -0.2) is 9.78 Å². The van der Waals surface area contributed by atoms with Gasteiger partial charge in [-0.1, -0.05) is 0 Å². The fraction of sp³-hybridized carbons (Fsp3) is 0.615. The first-order valence-corrected chi connectivity index (χ1v) is 7.84. The number of carbonyl (C=O) groups excluding carboxylic acids is 1. The Labute approximate surface area is 127 Å². The highest BCUT2D eigenvalue weighted by atomic mass is 32.1. The number of rotatable bonds is 5. The molecule has 1 aliphatic rings. The van der Waals surface area contributed by atoms with Crippen LogP contribution in [0.25, 0.3) is 0 Å². The monoisotopic (exact) mass is 312 g/mol. The predicted molar refractivity (Wildman–Crippen MR) is 79.5 cm³/mol. The molecule has 1 unspecified atom stereocenters. The number of carboxylic acid groups (broad SMARTS) is 1. The maximum atomic E-state index is 12.0. The molecule has 2 heterocycles. The van der Waals surface area contributed by atoms with Crippen LogP contribution in [0.1, 0.15) is 11.9 Å². The third-order valence-electron chi connectivity index (χ3n) is 3.61. The summed E-state index contributed by atoms with van der Waals surface area (Å²) < 4.78 is 0. The lowest BCUT2D eigenvalue weighted by Crippen LogP contribution is -2.55. The summed E-state index contributed by atoms with van der Waals surface area (Å²) in [5.74, 6) is -0.823. The Morgan fingerprint density at radius 3 is 2.71 bits per heavy atom. The van der Waals surface area contributed by atoms with E-state index in [4.69, 9.17) is 5.11 Å². The molecule has 2 N–H and O–H groups in total. The molecule has 8 heteroatoms. The molecule has 1 fully saturated rings. The second-order valence-electron chi connectivity index (χ2n) is 4.95. The maximum Gasteiger partial charge on any atom is 0.320 e. The molecular weight excluding hydrogens is 292 g/mol. The molecular formula is C13H20N4O3S. The SMILES string of the molecule is CC(C(=O)O)N1CCN(C(=O)NCCc2nccs2)CC1. The number of nitrogens with zero attached hydrogens (tertiary/aromatic N) is 3. The van der Waals surface area contributed by atoms with Gasteiger partial charge in [-0.05, 0) is 6.92 Å². The molecule has 2 amide bonds. The molecule has 7 nitrogen and oxygen atoms in total. The zero-order valence-electron chi connectivity index (χ0n) is 12.0. The van der Waals surface area contributed by atoms with Crippen molar-refractivity contribution in [1.29, 1.82) is 0 Å². The summed E-state index contributed by atoms with van der Waals surface area (Å²) in [7, 11) is 0. The van der Waals surface area contributed by atoms with Crippen molar-refractivity contribution in [1.82, 2.24) is 20.1 Å². The molecule has 116 valence electrons. The Balaban J connectivity index is 1.69. The Hall–Kier alpha value is -1.67. The molecule has 0 bridgehead atoms. The first kappa shape index (κ1) is 15.7. The number of carbonyl (C=O) groups is 2. The third-order valence-corrected chi connectivity index (χ3v) is 4.44. The molecule has 1 aliphatic heterocycles. The van der Waals surface area contributed by atoms with E-state index < -0.39 is 12.0 Å². The minimum Gasteiger partial charge on any atom is -0.480 e. The predicted octanol–water partition coefficient (Wildman–Crippen LogP) is 0.486. The number of piperazine rings is 1. The van der Waals surface area contributed by atoms with Crippen molar-refractivity contribution in [3.05, 3.63) is 16.6 Å². The number of urea groups is 1. The zero-order valence-corrected chi connectivity index (χ0v) is 12.8. The second kappa shape index (κ2) is 7.37. The van der Waals surface area contributed by atoms with Gasteiger partial charge in [0.05, 0.1) is 5.01 Å². The van der Waals surface area contributed by atoms with Gasteiger partial charge in [-0.3, -0.25) is 9.69 Å². The van der Waals surface area contributed by atoms with Crippen LogP contribution in [0.4, 0.5) is 4.79 Å². The minimum absolute atomic E-state index is 0.0887. The van der Waals surface area contributed by atoms with Crippen molar-refractivity contribution in [2.45, 2.75) is 19.4 Å². The van der Waals surface area contributed by atoms with Crippen LogP contribution >= 0.6 is 11.3 Å². The Kier molecular flexibility index (Phi) is 5.51. The van der Waals surface area contributed by atoms with E-state index in [0.717, 1.165) is 11.4 Å². The lowest BCUT2D eigenvalue weighted by atomic mass is 10.2. The molecule has 1 saturated heterocycles. The fourth-order valence-corrected chi connectivity index (χ4v) is 2.85. The highest BCUT2D eigenvalue weighted by Crippen LogP contribution is 2.07. The van der Waals surface area contributed by atoms with Crippen LogP contribution in [0.2, 0.25) is 0 Å². The smallest absolute Gasteiger partial charge is 0.320 e. The van der Waals surface area contributed by atoms with E-state index in [9.17, 15) is 9.59 Å². The van der Waals surface area contributed by atoms with Crippen LogP contribution in [-0.4, -0.2) is 70.7 Å². The second-order valence-corrected chi connectivity index (χ2v) is 5.92. The van der Waals surface area contributed by atoms with Gasteiger partial charge in [-0.2, -0.15) is 0 Å². The van der Waals surface area contributed by atoms with Gasteiger partial charge < -0.3 is 15.3 Å². The van der Waals surface area contributed by atoms with Crippen molar-refractivity contribution in [2.75, 3.05) is 32.7 Å². The third kappa shape index (κ3) is 4.40. The summed E-state index contributed by atoms with van der Waals surface area (Å²) in [6.45, 7) is 4.53. The molecule has 21 heavy (non-hydrogen) atoms. The minimum atomic E-state index is -0.823. The van der Waals surface area contributed by atoms with Crippen molar-refractivity contribution in [3.8, 4) is 0 Å². The summed E-state index contributed by atoms with van der Waals surface area (Å²) in [5.41, 5.74) is 0. The first-order valence-electron chi connectivity index (χ1n) is 6.96. The molecule has 2 rings (SSSR count). The van der Waals surface area contributed by atoms with Gasteiger partial charge in [0.25, 0.3) is 0 Å². The van der Waals surface area contributed by atoms with E-state index >= 15 is 0 Å². The summed E-state index contributed by atoms with van der Waals surface area (Å²) in [4.78, 5) is 30.7. The first-order chi connectivity index (χ1) is 10.1. The largest absolute Gasteiger partial charge is 0.480 e. The van der Waals surface area contributed by atoms with Gasteiger partial charge in [-0.15, -0.1) is 11.3 Å². The van der Waals surface area contributed by atoms with E-state index in [1.54, 1.807) is 29.4 Å². The average Bonchev–Trinajstić information content (AvgIpc) is 2.99. The average molecular weight is 312 g/mol. The molecule has 0 spiro atoms. The highest BCUT2D eigenvalue weighted by Gasteiger charge is 2.26. The zero-order chi connectivity index (χ0) is 15.2. The van der Waals surface area contributed by atoms with E-state index in [-0.39, 0.29) is 6.03 Å². The van der Waals surface area contributed by atoms with Gasteiger partial charge in [0.1, 0.15) is 6.04 Å². The number of nitrogens with one attached hydrogen (secondary N) is 1. The highest BCUT2D eigenvalue weighted by molar-refractivity contribution is 7.09. The fourth-order valence-electron chi connectivity index (χ4n) is 2.23. The summed E-state index contributed by atoms with van der Waals surface area (Å²) in [6.07, 6.45) is 2.49. The summed E-state index contributed by atoms with van der Waals surface area (Å²) in [6, 6.07) is -0.589. The van der Waals surface area contributed by atoms with Crippen molar-refractivity contribution in [3.63, 3.8) is 0 Å². The number of thiazole rings is 1. The van der Waals surface area contributed by atoms with E-state index in [0.29, 0.717) is 32.7 Å². The number of aliphatic carboxylic acids is 1. The van der Waals surface area contributed by atoms with Crippen LogP contribution in [0.5, 0.6) is 0 Å². The van der Waals surface area contributed by atoms with E-state index in [2.05, 4.69) is 10.3 Å². The van der Waals surface area contributed by atoms with E-state index in [1.165, 1.54) is 0 Å². The van der Waals surface area contributed by atoms with Crippen molar-refractivity contribution >= 4 is 23.3 Å². The Morgan fingerprint density at radius 1 is 1.43 bits per heavy atom. The summed E-state index contributed by atoms with van der Waals surface area (Å²) >= 11 is 1.58. The van der Waals surface area contributed by atoms with Crippen LogP contribution < -0.4 is 5.32 Å². The molecule has 1 aromatic heterocycles. The van der Waals surface area contributed by atoms with Gasteiger partial charge in [0.15, 0.2) is 0 Å². The molecule has 0 aromatic carbocycles. The molecule has 0 saturated carbocycles. The van der Waals surface area contributed by atoms with Crippen molar-refractivity contribution in [2.24, 2.45) is 0 Å². The molecule has 1 aromatic rings. The Bertz CT molecular complexity index is 472. The quantitative estimate of drug-likeness (QED) is 0.826. The standard InChI is InChI=1S/C13H20N4O3S/c1-10(12(18)19)16-5-7-17(8-6-16)13(20)15-3-2-11-14-4-9-21-11/h4,9-10H,2-3,5-8H2,1H3,(H,15,20)(H,18,19). The topological polar surface area (TPSA) is 85.8 Å². The normalized spacial score (nSPS) is 17.5. The van der Waals surface area contributed by atoms with Gasteiger partial charge in [0.2, 0.25) is 0 Å². The van der Waals surface area contributed by atoms with E-state index in [1.807, 2.05) is 10.3 Å². The van der Waals surface area contributed by atoms with Crippen LogP contribution in [0.15, 0.2) is 11.6 Å². The van der Waals surface area contributed by atoms with Crippen molar-refractivity contribution < 1.29 is 14.7 Å². The lowest BCUT2D eigenvalue weighted by Gasteiger charge is -2.36. The van der Waals surface area contributed by atoms with Crippen LogP contribution in [0.3, 0.4) is 0 Å². The van der Waals surface area contributed by atoms with Gasteiger partial charge in [0, 0.05) is 50.7 Å². The molecule has 0 aliphatic carbocycles.